The van der Waals surface area contributed by atoms with Crippen LogP contribution < -0.4 is 21.1 Å². The Morgan fingerprint density at radius 2 is 2.35 bits per heavy atom. The van der Waals surface area contributed by atoms with E-state index in [-0.39, 0.29) is 18.4 Å². The summed E-state index contributed by atoms with van der Waals surface area (Å²) >= 11 is 0. The van der Waals surface area contributed by atoms with Crippen molar-refractivity contribution in [2.24, 2.45) is 5.73 Å². The van der Waals surface area contributed by atoms with Crippen molar-refractivity contribution in [3.8, 4) is 5.75 Å². The third-order valence-corrected chi connectivity index (χ3v) is 2.30. The molecule has 4 N–H and O–H groups in total. The summed E-state index contributed by atoms with van der Waals surface area (Å²) in [4.78, 5) is 22.8. The minimum Gasteiger partial charge on any atom is -0.482 e. The molecule has 1 aromatic rings. The van der Waals surface area contributed by atoms with Gasteiger partial charge in [-0.1, -0.05) is 0 Å². The quantitative estimate of drug-likeness (QED) is 0.671. The third-order valence-electron chi connectivity index (χ3n) is 2.30. The maximum Gasteiger partial charge on any atom is 0.262 e. The van der Waals surface area contributed by atoms with Crippen molar-refractivity contribution in [2.75, 3.05) is 25.0 Å². The van der Waals surface area contributed by atoms with Crippen LogP contribution in [0.3, 0.4) is 0 Å². The summed E-state index contributed by atoms with van der Waals surface area (Å²) in [6, 6.07) is 4.88. The summed E-state index contributed by atoms with van der Waals surface area (Å²) in [6.07, 6.45) is 0. The number of carbonyl (C=O) groups is 2. The Labute approximate surface area is 98.1 Å². The number of ether oxygens (including phenoxy) is 1. The van der Waals surface area contributed by atoms with Crippen molar-refractivity contribution in [1.82, 2.24) is 5.32 Å². The minimum atomic E-state index is -0.225. The van der Waals surface area contributed by atoms with Gasteiger partial charge in [0.25, 0.3) is 11.8 Å². The molecule has 0 unspecified atom stereocenters. The first-order chi connectivity index (χ1) is 8.20. The predicted molar refractivity (Wildman–Crippen MR) is 62.0 cm³/mol. The molecule has 90 valence electrons. The van der Waals surface area contributed by atoms with Crippen LogP contribution in [0.15, 0.2) is 18.2 Å². The first kappa shape index (κ1) is 11.4. The molecule has 0 aliphatic carbocycles. The van der Waals surface area contributed by atoms with Gasteiger partial charge >= 0.3 is 0 Å². The van der Waals surface area contributed by atoms with Gasteiger partial charge in [-0.2, -0.15) is 0 Å². The van der Waals surface area contributed by atoms with Gasteiger partial charge in [-0.05, 0) is 18.2 Å². The van der Waals surface area contributed by atoms with Gasteiger partial charge in [0, 0.05) is 18.7 Å². The zero-order valence-electron chi connectivity index (χ0n) is 9.16. The maximum atomic E-state index is 11.7. The van der Waals surface area contributed by atoms with Crippen LogP contribution in [-0.2, 0) is 4.79 Å². The molecule has 1 heterocycles. The Morgan fingerprint density at radius 1 is 1.53 bits per heavy atom. The molecule has 6 heteroatoms. The van der Waals surface area contributed by atoms with Crippen molar-refractivity contribution in [1.29, 1.82) is 0 Å². The molecule has 6 nitrogen and oxygen atoms in total. The zero-order valence-corrected chi connectivity index (χ0v) is 9.16. The number of nitrogens with two attached hydrogens (primary N) is 1. The van der Waals surface area contributed by atoms with Crippen LogP contribution >= 0.6 is 0 Å². The van der Waals surface area contributed by atoms with E-state index in [1.54, 1.807) is 18.2 Å². The lowest BCUT2D eigenvalue weighted by Gasteiger charge is -2.18. The van der Waals surface area contributed by atoms with Gasteiger partial charge in [0.05, 0.1) is 5.69 Å². The largest absolute Gasteiger partial charge is 0.482 e. The smallest absolute Gasteiger partial charge is 0.262 e. The molecular formula is C11H13N3O3. The Hall–Kier alpha value is -2.08. The molecule has 0 spiro atoms. The molecule has 17 heavy (non-hydrogen) atoms. The highest BCUT2D eigenvalue weighted by Crippen LogP contribution is 2.28. The van der Waals surface area contributed by atoms with Gasteiger partial charge in [0.15, 0.2) is 6.61 Å². The zero-order chi connectivity index (χ0) is 12.3. The molecule has 2 rings (SSSR count). The van der Waals surface area contributed by atoms with Crippen molar-refractivity contribution in [3.63, 3.8) is 0 Å². The number of amides is 2. The summed E-state index contributed by atoms with van der Waals surface area (Å²) in [6.45, 7) is 0.807. The summed E-state index contributed by atoms with van der Waals surface area (Å²) in [7, 11) is 0. The summed E-state index contributed by atoms with van der Waals surface area (Å²) < 4.78 is 5.19. The molecule has 0 fully saturated rings. The molecular weight excluding hydrogens is 222 g/mol. The number of fused-ring (bicyclic) bond motifs is 1. The monoisotopic (exact) mass is 235 g/mol. The van der Waals surface area contributed by atoms with E-state index in [1.165, 1.54) is 0 Å². The Morgan fingerprint density at radius 3 is 3.12 bits per heavy atom. The molecule has 0 aromatic heterocycles. The van der Waals surface area contributed by atoms with Gasteiger partial charge < -0.3 is 21.1 Å². The second-order valence-corrected chi connectivity index (χ2v) is 3.59. The van der Waals surface area contributed by atoms with Crippen LogP contribution in [0.4, 0.5) is 5.69 Å². The van der Waals surface area contributed by atoms with E-state index in [2.05, 4.69) is 10.6 Å². The van der Waals surface area contributed by atoms with E-state index in [1.807, 2.05) is 0 Å². The minimum absolute atomic E-state index is 0.00567. The molecule has 0 radical (unpaired) electrons. The van der Waals surface area contributed by atoms with E-state index in [9.17, 15) is 9.59 Å². The summed E-state index contributed by atoms with van der Waals surface area (Å²) in [5, 5.41) is 5.29. The van der Waals surface area contributed by atoms with Crippen LogP contribution in [-0.4, -0.2) is 31.5 Å². The van der Waals surface area contributed by atoms with Gasteiger partial charge in [-0.3, -0.25) is 9.59 Å². The van der Waals surface area contributed by atoms with E-state index in [4.69, 9.17) is 10.5 Å². The first-order valence-corrected chi connectivity index (χ1v) is 5.25. The number of hydrogen-bond donors (Lipinski definition) is 3. The van der Waals surface area contributed by atoms with Crippen LogP contribution in [0.1, 0.15) is 10.4 Å². The van der Waals surface area contributed by atoms with E-state index < -0.39 is 0 Å². The summed E-state index contributed by atoms with van der Waals surface area (Å²) in [5.41, 5.74) is 6.27. The fourth-order valence-corrected chi connectivity index (χ4v) is 1.51. The maximum absolute atomic E-state index is 11.7. The molecule has 2 amide bonds. The number of rotatable bonds is 3. The topological polar surface area (TPSA) is 93.5 Å². The van der Waals surface area contributed by atoms with E-state index >= 15 is 0 Å². The number of anilines is 1. The van der Waals surface area contributed by atoms with E-state index in [0.29, 0.717) is 30.1 Å². The lowest BCUT2D eigenvalue weighted by molar-refractivity contribution is -0.118. The van der Waals surface area contributed by atoms with Crippen LogP contribution in [0.25, 0.3) is 0 Å². The van der Waals surface area contributed by atoms with Crippen LogP contribution in [0.2, 0.25) is 0 Å². The SMILES string of the molecule is NCCNC(=O)c1ccc2c(c1)NC(=O)CO2. The van der Waals surface area contributed by atoms with E-state index in [0.717, 1.165) is 0 Å². The molecule has 1 aliphatic heterocycles. The normalized spacial score (nSPS) is 13.4. The lowest BCUT2D eigenvalue weighted by atomic mass is 10.1. The average Bonchev–Trinajstić information content (AvgIpc) is 2.35. The molecule has 1 aromatic carbocycles. The standard InChI is InChI=1S/C11H13N3O3/c12-3-4-13-11(16)7-1-2-9-8(5-7)14-10(15)6-17-9/h1-2,5H,3-4,6,12H2,(H,13,16)(H,14,15). The molecule has 0 saturated heterocycles. The van der Waals surface area contributed by atoms with Gasteiger partial charge in [-0.15, -0.1) is 0 Å². The van der Waals surface area contributed by atoms with Crippen molar-refractivity contribution >= 4 is 17.5 Å². The van der Waals surface area contributed by atoms with Crippen LogP contribution in [0, 0.1) is 0 Å². The van der Waals surface area contributed by atoms with Crippen molar-refractivity contribution in [2.45, 2.75) is 0 Å². The molecule has 1 aliphatic rings. The Kier molecular flexibility index (Phi) is 3.24. The second kappa shape index (κ2) is 4.84. The number of hydrogen-bond acceptors (Lipinski definition) is 4. The fourth-order valence-electron chi connectivity index (χ4n) is 1.51. The first-order valence-electron chi connectivity index (χ1n) is 5.25. The van der Waals surface area contributed by atoms with Crippen molar-refractivity contribution < 1.29 is 14.3 Å². The predicted octanol–water partition coefficient (Wildman–Crippen LogP) is -0.294. The van der Waals surface area contributed by atoms with Gasteiger partial charge in [0.2, 0.25) is 0 Å². The molecule has 0 bridgehead atoms. The second-order valence-electron chi connectivity index (χ2n) is 3.59. The fraction of sp³-hybridized carbons (Fsp3) is 0.273. The molecule has 0 saturated carbocycles. The van der Waals surface area contributed by atoms with Gasteiger partial charge in [0.1, 0.15) is 5.75 Å². The number of nitrogens with one attached hydrogen (secondary N) is 2. The highest BCUT2D eigenvalue weighted by Gasteiger charge is 2.17. The van der Waals surface area contributed by atoms with Crippen LogP contribution in [0.5, 0.6) is 5.75 Å². The number of benzene rings is 1. The highest BCUT2D eigenvalue weighted by atomic mass is 16.5. The third kappa shape index (κ3) is 2.54. The number of carbonyl (C=O) groups excluding carboxylic acids is 2. The lowest BCUT2D eigenvalue weighted by Crippen LogP contribution is -2.29. The molecule has 0 atom stereocenters. The highest BCUT2D eigenvalue weighted by molar-refractivity contribution is 5.99. The summed E-state index contributed by atoms with van der Waals surface area (Å²) in [5.74, 6) is 0.120. The van der Waals surface area contributed by atoms with Crippen molar-refractivity contribution in [3.05, 3.63) is 23.8 Å². The Balaban J connectivity index is 2.18. The average molecular weight is 235 g/mol. The van der Waals surface area contributed by atoms with Gasteiger partial charge in [-0.25, -0.2) is 0 Å². The Bertz CT molecular complexity index is 459.